The van der Waals surface area contributed by atoms with Gasteiger partial charge in [0.1, 0.15) is 0 Å². The number of hydrogen-bond acceptors (Lipinski definition) is 3. The summed E-state index contributed by atoms with van der Waals surface area (Å²) in [5.41, 5.74) is 2.53. The van der Waals surface area contributed by atoms with E-state index in [2.05, 4.69) is 10.2 Å². The van der Waals surface area contributed by atoms with Gasteiger partial charge in [0.25, 0.3) is 5.91 Å². The van der Waals surface area contributed by atoms with Gasteiger partial charge in [0.2, 0.25) is 5.91 Å². The highest BCUT2D eigenvalue weighted by molar-refractivity contribution is 6.30. The lowest BCUT2D eigenvalue weighted by molar-refractivity contribution is -0.117. The first-order valence-corrected chi connectivity index (χ1v) is 9.69. The third-order valence-corrected chi connectivity index (χ3v) is 5.36. The van der Waals surface area contributed by atoms with Crippen LogP contribution in [0.3, 0.4) is 0 Å². The number of anilines is 2. The fourth-order valence-corrected chi connectivity index (χ4v) is 3.41. The molecular weight excluding hydrogens is 362 g/mol. The molecule has 27 heavy (non-hydrogen) atoms. The number of carbonyl (C=O) groups is 2. The van der Waals surface area contributed by atoms with Crippen LogP contribution in [-0.2, 0) is 4.79 Å². The molecule has 0 radical (unpaired) electrons. The lowest BCUT2D eigenvalue weighted by atomic mass is 10.1. The van der Waals surface area contributed by atoms with E-state index in [1.165, 1.54) is 0 Å². The molecule has 2 fully saturated rings. The molecule has 2 aromatic carbocycles. The van der Waals surface area contributed by atoms with Crippen molar-refractivity contribution < 1.29 is 9.59 Å². The molecule has 0 bridgehead atoms. The van der Waals surface area contributed by atoms with Gasteiger partial charge in [-0.3, -0.25) is 9.59 Å². The summed E-state index contributed by atoms with van der Waals surface area (Å²) in [5.74, 6) is 0.279. The number of nitrogens with zero attached hydrogens (tertiary/aromatic N) is 2. The van der Waals surface area contributed by atoms with Gasteiger partial charge in [-0.15, -0.1) is 0 Å². The zero-order valence-electron chi connectivity index (χ0n) is 15.0. The van der Waals surface area contributed by atoms with E-state index in [1.54, 1.807) is 24.3 Å². The van der Waals surface area contributed by atoms with Crippen molar-refractivity contribution in [1.82, 2.24) is 4.90 Å². The Bertz CT molecular complexity index is 824. The van der Waals surface area contributed by atoms with Crippen molar-refractivity contribution in [3.05, 3.63) is 59.1 Å². The van der Waals surface area contributed by atoms with Gasteiger partial charge in [0.15, 0.2) is 0 Å². The zero-order chi connectivity index (χ0) is 18.8. The minimum atomic E-state index is 0.0332. The number of halogens is 1. The van der Waals surface area contributed by atoms with Gasteiger partial charge < -0.3 is 15.1 Å². The number of rotatable bonds is 4. The van der Waals surface area contributed by atoms with Crippen molar-refractivity contribution in [2.45, 2.75) is 12.8 Å². The lowest BCUT2D eigenvalue weighted by Gasteiger charge is -2.36. The molecule has 2 aliphatic rings. The van der Waals surface area contributed by atoms with Crippen LogP contribution in [-0.4, -0.2) is 42.9 Å². The van der Waals surface area contributed by atoms with E-state index >= 15 is 0 Å². The maximum absolute atomic E-state index is 12.7. The highest BCUT2D eigenvalue weighted by Crippen LogP contribution is 2.30. The summed E-state index contributed by atoms with van der Waals surface area (Å²) in [4.78, 5) is 28.7. The van der Waals surface area contributed by atoms with Crippen molar-refractivity contribution in [3.63, 3.8) is 0 Å². The van der Waals surface area contributed by atoms with Gasteiger partial charge in [0.05, 0.1) is 0 Å². The standard InChI is InChI=1S/C21H22ClN3O2/c22-17-5-9-19(10-6-17)24-11-13-25(14-12-24)21(27)16-3-7-18(8-4-16)23-20(26)15-1-2-15/h3-10,15H,1-2,11-14H2,(H,23,26). The molecule has 2 aromatic rings. The SMILES string of the molecule is O=C(Nc1ccc(C(=O)N2CCN(c3ccc(Cl)cc3)CC2)cc1)C1CC1. The molecule has 1 aliphatic heterocycles. The Morgan fingerprint density at radius 3 is 2.11 bits per heavy atom. The van der Waals surface area contributed by atoms with E-state index in [0.717, 1.165) is 42.3 Å². The molecule has 0 spiro atoms. The first kappa shape index (κ1) is 17.9. The quantitative estimate of drug-likeness (QED) is 0.876. The normalized spacial score (nSPS) is 16.9. The number of hydrogen-bond donors (Lipinski definition) is 1. The Balaban J connectivity index is 1.33. The predicted octanol–water partition coefficient (Wildman–Crippen LogP) is 3.65. The molecule has 1 saturated carbocycles. The highest BCUT2D eigenvalue weighted by Gasteiger charge is 2.29. The van der Waals surface area contributed by atoms with Gasteiger partial charge in [-0.05, 0) is 61.4 Å². The molecule has 2 amide bonds. The first-order chi connectivity index (χ1) is 13.1. The van der Waals surface area contributed by atoms with Crippen LogP contribution >= 0.6 is 11.6 Å². The Hall–Kier alpha value is -2.53. The molecular formula is C21H22ClN3O2. The van der Waals surface area contributed by atoms with Crippen LogP contribution in [0.5, 0.6) is 0 Å². The summed E-state index contributed by atoms with van der Waals surface area (Å²) < 4.78 is 0. The topological polar surface area (TPSA) is 52.7 Å². The van der Waals surface area contributed by atoms with Crippen molar-refractivity contribution in [3.8, 4) is 0 Å². The summed E-state index contributed by atoms with van der Waals surface area (Å²) in [5, 5.41) is 3.62. The summed E-state index contributed by atoms with van der Waals surface area (Å²) in [6.45, 7) is 2.95. The molecule has 1 saturated heterocycles. The fraction of sp³-hybridized carbons (Fsp3) is 0.333. The second-order valence-corrected chi connectivity index (χ2v) is 7.53. The Morgan fingerprint density at radius 1 is 0.889 bits per heavy atom. The Kier molecular flexibility index (Phi) is 5.03. The van der Waals surface area contributed by atoms with Crippen LogP contribution in [0.4, 0.5) is 11.4 Å². The van der Waals surface area contributed by atoms with Crippen molar-refractivity contribution in [2.75, 3.05) is 36.4 Å². The Labute approximate surface area is 163 Å². The minimum Gasteiger partial charge on any atom is -0.368 e. The van der Waals surface area contributed by atoms with Gasteiger partial charge in [-0.2, -0.15) is 0 Å². The largest absolute Gasteiger partial charge is 0.368 e. The molecule has 0 aromatic heterocycles. The van der Waals surface area contributed by atoms with Crippen LogP contribution in [0, 0.1) is 5.92 Å². The molecule has 140 valence electrons. The van der Waals surface area contributed by atoms with Crippen LogP contribution in [0.2, 0.25) is 5.02 Å². The summed E-state index contributed by atoms with van der Waals surface area (Å²) in [6.07, 6.45) is 1.95. The van der Waals surface area contributed by atoms with E-state index < -0.39 is 0 Å². The van der Waals surface area contributed by atoms with Gasteiger partial charge in [0, 0.05) is 54.1 Å². The number of amides is 2. The molecule has 6 heteroatoms. The van der Waals surface area contributed by atoms with Crippen LogP contribution in [0.1, 0.15) is 23.2 Å². The Morgan fingerprint density at radius 2 is 1.52 bits per heavy atom. The number of carbonyl (C=O) groups excluding carboxylic acids is 2. The summed E-state index contributed by atoms with van der Waals surface area (Å²) in [7, 11) is 0. The van der Waals surface area contributed by atoms with Crippen molar-refractivity contribution in [1.29, 1.82) is 0 Å². The summed E-state index contributed by atoms with van der Waals surface area (Å²) in [6, 6.07) is 15.0. The first-order valence-electron chi connectivity index (χ1n) is 9.31. The van der Waals surface area contributed by atoms with Crippen molar-refractivity contribution in [2.24, 2.45) is 5.92 Å². The van der Waals surface area contributed by atoms with Gasteiger partial charge in [-0.25, -0.2) is 0 Å². The van der Waals surface area contributed by atoms with Crippen LogP contribution in [0.15, 0.2) is 48.5 Å². The zero-order valence-corrected chi connectivity index (χ0v) is 15.8. The minimum absolute atomic E-state index is 0.0332. The molecule has 4 rings (SSSR count). The van der Waals surface area contributed by atoms with E-state index in [-0.39, 0.29) is 17.7 Å². The molecule has 1 N–H and O–H groups in total. The van der Waals surface area contributed by atoms with Crippen molar-refractivity contribution >= 4 is 34.8 Å². The second-order valence-electron chi connectivity index (χ2n) is 7.10. The average molecular weight is 384 g/mol. The van der Waals surface area contributed by atoms with Gasteiger partial charge >= 0.3 is 0 Å². The third-order valence-electron chi connectivity index (χ3n) is 5.11. The maximum Gasteiger partial charge on any atom is 0.253 e. The second kappa shape index (κ2) is 7.61. The van der Waals surface area contributed by atoms with Crippen LogP contribution in [0.25, 0.3) is 0 Å². The van der Waals surface area contributed by atoms with Gasteiger partial charge in [-0.1, -0.05) is 11.6 Å². The highest BCUT2D eigenvalue weighted by atomic mass is 35.5. The number of nitrogens with one attached hydrogen (secondary N) is 1. The fourth-order valence-electron chi connectivity index (χ4n) is 3.29. The molecule has 1 heterocycles. The molecule has 0 atom stereocenters. The molecule has 5 nitrogen and oxygen atoms in total. The van der Waals surface area contributed by atoms with E-state index in [0.29, 0.717) is 18.7 Å². The lowest BCUT2D eigenvalue weighted by Crippen LogP contribution is -2.48. The predicted molar refractivity (Wildman–Crippen MR) is 107 cm³/mol. The van der Waals surface area contributed by atoms with E-state index in [1.807, 2.05) is 29.2 Å². The smallest absolute Gasteiger partial charge is 0.253 e. The van der Waals surface area contributed by atoms with E-state index in [9.17, 15) is 9.59 Å². The van der Waals surface area contributed by atoms with E-state index in [4.69, 9.17) is 11.6 Å². The molecule has 0 unspecified atom stereocenters. The summed E-state index contributed by atoms with van der Waals surface area (Å²) >= 11 is 5.95. The third kappa shape index (κ3) is 4.25. The number of piperazine rings is 1. The average Bonchev–Trinajstić information content (AvgIpc) is 3.54. The number of benzene rings is 2. The molecule has 1 aliphatic carbocycles. The maximum atomic E-state index is 12.7. The van der Waals surface area contributed by atoms with Crippen LogP contribution < -0.4 is 10.2 Å². The monoisotopic (exact) mass is 383 g/mol.